The molecule has 0 fully saturated rings. The van der Waals surface area contributed by atoms with E-state index in [9.17, 15) is 19.6 Å². The number of nitriles is 1. The van der Waals surface area contributed by atoms with Gasteiger partial charge in [0.1, 0.15) is 21.8 Å². The highest BCUT2D eigenvalue weighted by molar-refractivity contribution is 8.00. The Bertz CT molecular complexity index is 1690. The standard InChI is InChI=1S/C31H26ClN3O5S2/c1-5-40-31(38)27-17(2)28(18(3)36)42-30(27)35-26(37)16-41-29-24(15-33)23(19-6-10-21(32)11-7-19)14-25(34-29)20-8-12-22(39-4)13-9-20/h6-14H,5,16H2,1-4H3,(H,35,37). The van der Waals surface area contributed by atoms with E-state index in [2.05, 4.69) is 11.4 Å². The lowest BCUT2D eigenvalue weighted by atomic mass is 9.99. The van der Waals surface area contributed by atoms with Crippen molar-refractivity contribution < 1.29 is 23.9 Å². The summed E-state index contributed by atoms with van der Waals surface area (Å²) in [7, 11) is 1.58. The predicted molar refractivity (Wildman–Crippen MR) is 166 cm³/mol. The first-order chi connectivity index (χ1) is 20.2. The monoisotopic (exact) mass is 619 g/mol. The molecule has 4 rings (SSSR count). The van der Waals surface area contributed by atoms with E-state index in [1.165, 1.54) is 6.92 Å². The van der Waals surface area contributed by atoms with E-state index in [0.717, 1.165) is 34.2 Å². The molecule has 0 aliphatic rings. The van der Waals surface area contributed by atoms with Crippen LogP contribution >= 0.6 is 34.7 Å². The Kier molecular flexibility index (Phi) is 10.0. The van der Waals surface area contributed by atoms with Crippen LogP contribution in [0.3, 0.4) is 0 Å². The summed E-state index contributed by atoms with van der Waals surface area (Å²) in [6.07, 6.45) is 0. The quantitative estimate of drug-likeness (QED) is 0.111. The molecule has 1 amide bonds. The molecule has 0 spiro atoms. The number of halogens is 1. The molecule has 0 radical (unpaired) electrons. The highest BCUT2D eigenvalue weighted by atomic mass is 35.5. The number of amides is 1. The summed E-state index contributed by atoms with van der Waals surface area (Å²) in [5.41, 5.74) is 3.74. The number of ether oxygens (including phenoxy) is 2. The second-order valence-electron chi connectivity index (χ2n) is 8.96. The van der Waals surface area contributed by atoms with Gasteiger partial charge >= 0.3 is 5.97 Å². The van der Waals surface area contributed by atoms with Crippen LogP contribution in [0.15, 0.2) is 59.6 Å². The van der Waals surface area contributed by atoms with Gasteiger partial charge < -0.3 is 14.8 Å². The Morgan fingerprint density at radius 1 is 1.10 bits per heavy atom. The zero-order valence-electron chi connectivity index (χ0n) is 23.2. The maximum atomic E-state index is 13.1. The van der Waals surface area contributed by atoms with Gasteiger partial charge in [-0.05, 0) is 74.4 Å². The van der Waals surface area contributed by atoms with Crippen molar-refractivity contribution in [2.75, 3.05) is 24.8 Å². The number of methoxy groups -OCH3 is 1. The molecule has 214 valence electrons. The second kappa shape index (κ2) is 13.7. The lowest BCUT2D eigenvalue weighted by molar-refractivity contribution is -0.113. The smallest absolute Gasteiger partial charge is 0.341 e. The molecule has 8 nitrogen and oxygen atoms in total. The third-order valence-corrected chi connectivity index (χ3v) is 8.71. The molecule has 2 aromatic heterocycles. The summed E-state index contributed by atoms with van der Waals surface area (Å²) < 4.78 is 10.4. The van der Waals surface area contributed by atoms with Crippen LogP contribution in [0.25, 0.3) is 22.4 Å². The molecule has 0 aliphatic heterocycles. The zero-order chi connectivity index (χ0) is 30.4. The summed E-state index contributed by atoms with van der Waals surface area (Å²) in [5.74, 6) is -0.686. The predicted octanol–water partition coefficient (Wildman–Crippen LogP) is 7.43. The molecule has 2 aromatic carbocycles. The van der Waals surface area contributed by atoms with E-state index < -0.39 is 11.9 Å². The number of rotatable bonds is 10. The topological polar surface area (TPSA) is 118 Å². The SMILES string of the molecule is CCOC(=O)c1c(NC(=O)CSc2nc(-c3ccc(OC)cc3)cc(-c3ccc(Cl)cc3)c2C#N)sc(C(C)=O)c1C. The number of hydrogen-bond donors (Lipinski definition) is 1. The number of esters is 1. The number of carbonyl (C=O) groups excluding carboxylic acids is 3. The van der Waals surface area contributed by atoms with Gasteiger partial charge in [-0.3, -0.25) is 9.59 Å². The van der Waals surface area contributed by atoms with Gasteiger partial charge in [-0.2, -0.15) is 5.26 Å². The molecule has 11 heteroatoms. The summed E-state index contributed by atoms with van der Waals surface area (Å²) in [4.78, 5) is 43.0. The van der Waals surface area contributed by atoms with E-state index in [1.807, 2.05) is 42.5 Å². The van der Waals surface area contributed by atoms with Crippen LogP contribution in [0.2, 0.25) is 5.02 Å². The minimum Gasteiger partial charge on any atom is -0.497 e. The highest BCUT2D eigenvalue weighted by Gasteiger charge is 2.25. The molecule has 0 bridgehead atoms. The van der Waals surface area contributed by atoms with Crippen LogP contribution in [-0.2, 0) is 9.53 Å². The van der Waals surface area contributed by atoms with Crippen LogP contribution < -0.4 is 10.1 Å². The maximum Gasteiger partial charge on any atom is 0.341 e. The first-order valence-corrected chi connectivity index (χ1v) is 14.9. The number of thioether (sulfide) groups is 1. The number of carbonyl (C=O) groups is 3. The van der Waals surface area contributed by atoms with E-state index in [-0.39, 0.29) is 28.7 Å². The molecule has 0 atom stereocenters. The van der Waals surface area contributed by atoms with Crippen LogP contribution in [0.5, 0.6) is 5.75 Å². The number of pyridine rings is 1. The first-order valence-electron chi connectivity index (χ1n) is 12.8. The van der Waals surface area contributed by atoms with E-state index in [4.69, 9.17) is 26.1 Å². The van der Waals surface area contributed by atoms with Crippen molar-refractivity contribution in [3.05, 3.63) is 81.2 Å². The largest absolute Gasteiger partial charge is 0.497 e. The number of benzene rings is 2. The molecule has 1 N–H and O–H groups in total. The van der Waals surface area contributed by atoms with E-state index in [0.29, 0.717) is 43.1 Å². The number of ketones is 1. The van der Waals surface area contributed by atoms with Crippen molar-refractivity contribution in [3.8, 4) is 34.2 Å². The van der Waals surface area contributed by atoms with Crippen molar-refractivity contribution in [3.63, 3.8) is 0 Å². The second-order valence-corrected chi connectivity index (χ2v) is 11.4. The number of thiophene rings is 1. The van der Waals surface area contributed by atoms with Gasteiger partial charge in [0.15, 0.2) is 5.78 Å². The number of anilines is 1. The number of aromatic nitrogens is 1. The molecule has 2 heterocycles. The lowest BCUT2D eigenvalue weighted by Gasteiger charge is -2.13. The van der Waals surface area contributed by atoms with Gasteiger partial charge in [0.05, 0.1) is 41.2 Å². The number of nitrogens with zero attached hydrogens (tertiary/aromatic N) is 2. The Labute approximate surface area is 256 Å². The van der Waals surface area contributed by atoms with Gasteiger partial charge in [-0.1, -0.05) is 35.5 Å². The minimum absolute atomic E-state index is 0.109. The first kappa shape index (κ1) is 30.8. The van der Waals surface area contributed by atoms with Crippen molar-refractivity contribution in [2.45, 2.75) is 25.8 Å². The fourth-order valence-corrected chi connectivity index (χ4v) is 6.22. The Morgan fingerprint density at radius 3 is 2.36 bits per heavy atom. The molecule has 0 unspecified atom stereocenters. The average molecular weight is 620 g/mol. The maximum absolute atomic E-state index is 13.1. The van der Waals surface area contributed by atoms with Crippen molar-refractivity contribution in [1.29, 1.82) is 5.26 Å². The van der Waals surface area contributed by atoms with E-state index >= 15 is 0 Å². The van der Waals surface area contributed by atoms with Crippen LogP contribution in [0.1, 0.15) is 45.0 Å². The average Bonchev–Trinajstić information content (AvgIpc) is 3.31. The van der Waals surface area contributed by atoms with Gasteiger partial charge in [0.2, 0.25) is 5.91 Å². The third-order valence-electron chi connectivity index (χ3n) is 6.18. The lowest BCUT2D eigenvalue weighted by Crippen LogP contribution is -2.16. The molecule has 0 saturated heterocycles. The Hall–Kier alpha value is -4.17. The molecule has 0 aliphatic carbocycles. The fourth-order valence-electron chi connectivity index (χ4n) is 4.18. The Morgan fingerprint density at radius 2 is 1.76 bits per heavy atom. The van der Waals surface area contributed by atoms with E-state index in [1.54, 1.807) is 33.1 Å². The van der Waals surface area contributed by atoms with Crippen LogP contribution in [0, 0.1) is 18.3 Å². The number of nitrogens with one attached hydrogen (secondary N) is 1. The summed E-state index contributed by atoms with van der Waals surface area (Å²) in [6.45, 7) is 4.88. The normalized spacial score (nSPS) is 10.6. The number of hydrogen-bond acceptors (Lipinski definition) is 9. The highest BCUT2D eigenvalue weighted by Crippen LogP contribution is 2.37. The minimum atomic E-state index is -0.616. The van der Waals surface area contributed by atoms with Crippen LogP contribution in [0.4, 0.5) is 5.00 Å². The molecular formula is C31H26ClN3O5S2. The van der Waals surface area contributed by atoms with Gasteiger partial charge in [-0.15, -0.1) is 11.3 Å². The van der Waals surface area contributed by atoms with Crippen molar-refractivity contribution >= 4 is 57.4 Å². The van der Waals surface area contributed by atoms with Gasteiger partial charge in [0.25, 0.3) is 0 Å². The molecule has 4 aromatic rings. The van der Waals surface area contributed by atoms with Gasteiger partial charge in [0, 0.05) is 16.1 Å². The Balaban J connectivity index is 1.68. The van der Waals surface area contributed by atoms with Crippen LogP contribution in [-0.4, -0.2) is 42.1 Å². The summed E-state index contributed by atoms with van der Waals surface area (Å²) in [5, 5.41) is 14.1. The van der Waals surface area contributed by atoms with Gasteiger partial charge in [-0.25, -0.2) is 9.78 Å². The number of Topliss-reactive ketones (excluding diaryl/α,β-unsaturated/α-hetero) is 1. The molecular weight excluding hydrogens is 594 g/mol. The summed E-state index contributed by atoms with van der Waals surface area (Å²) >= 11 is 8.23. The molecule has 42 heavy (non-hydrogen) atoms. The molecule has 0 saturated carbocycles. The zero-order valence-corrected chi connectivity index (χ0v) is 25.6. The fraction of sp³-hybridized carbons (Fsp3) is 0.194. The van der Waals surface area contributed by atoms with Crippen molar-refractivity contribution in [2.24, 2.45) is 0 Å². The third kappa shape index (κ3) is 6.82. The van der Waals surface area contributed by atoms with Crippen molar-refractivity contribution in [1.82, 2.24) is 4.98 Å². The summed E-state index contributed by atoms with van der Waals surface area (Å²) in [6, 6.07) is 18.6.